The zero-order valence-electron chi connectivity index (χ0n) is 13.6. The van der Waals surface area contributed by atoms with Crippen LogP contribution in [0.1, 0.15) is 47.5 Å². The SMILES string of the molecule is CCCOCCN1CC(CC(C)C)NCC1C(C)C. The third kappa shape index (κ3) is 6.24. The van der Waals surface area contributed by atoms with E-state index in [1.807, 2.05) is 0 Å². The van der Waals surface area contributed by atoms with E-state index in [0.29, 0.717) is 18.0 Å². The number of ether oxygens (including phenoxy) is 1. The highest BCUT2D eigenvalue weighted by molar-refractivity contribution is 4.88. The van der Waals surface area contributed by atoms with Crippen molar-refractivity contribution in [2.24, 2.45) is 11.8 Å². The molecule has 1 fully saturated rings. The Bertz CT molecular complexity index is 231. The molecule has 1 saturated heterocycles. The van der Waals surface area contributed by atoms with Crippen molar-refractivity contribution in [3.05, 3.63) is 0 Å². The summed E-state index contributed by atoms with van der Waals surface area (Å²) >= 11 is 0. The molecule has 0 aromatic heterocycles. The fraction of sp³-hybridized carbons (Fsp3) is 1.00. The standard InChI is InChI=1S/C16H34N2O/c1-6-8-19-9-7-18-12-15(10-13(2)3)17-11-16(18)14(4)5/h13-17H,6-12H2,1-5H3. The van der Waals surface area contributed by atoms with Gasteiger partial charge in [0.05, 0.1) is 6.61 Å². The van der Waals surface area contributed by atoms with Crippen molar-refractivity contribution in [3.8, 4) is 0 Å². The van der Waals surface area contributed by atoms with Crippen molar-refractivity contribution in [3.63, 3.8) is 0 Å². The van der Waals surface area contributed by atoms with Crippen molar-refractivity contribution in [1.82, 2.24) is 10.2 Å². The van der Waals surface area contributed by atoms with Gasteiger partial charge >= 0.3 is 0 Å². The molecule has 0 amide bonds. The minimum absolute atomic E-state index is 0.654. The van der Waals surface area contributed by atoms with Crippen LogP contribution in [0.15, 0.2) is 0 Å². The molecule has 2 unspecified atom stereocenters. The summed E-state index contributed by atoms with van der Waals surface area (Å²) in [6.07, 6.45) is 2.39. The number of nitrogens with one attached hydrogen (secondary N) is 1. The third-order valence-corrected chi connectivity index (χ3v) is 3.94. The first-order chi connectivity index (χ1) is 9.04. The summed E-state index contributed by atoms with van der Waals surface area (Å²) in [5.74, 6) is 1.48. The molecule has 3 heteroatoms. The van der Waals surface area contributed by atoms with Gasteiger partial charge in [0.2, 0.25) is 0 Å². The predicted octanol–water partition coefficient (Wildman–Crippen LogP) is 2.76. The molecule has 0 bridgehead atoms. The van der Waals surface area contributed by atoms with E-state index in [4.69, 9.17) is 4.74 Å². The summed E-state index contributed by atoms with van der Waals surface area (Å²) in [7, 11) is 0. The van der Waals surface area contributed by atoms with E-state index in [-0.39, 0.29) is 0 Å². The quantitative estimate of drug-likeness (QED) is 0.686. The first kappa shape index (κ1) is 16.9. The van der Waals surface area contributed by atoms with E-state index in [2.05, 4.69) is 44.8 Å². The Morgan fingerprint density at radius 3 is 2.53 bits per heavy atom. The number of hydrogen-bond donors (Lipinski definition) is 1. The second kappa shape index (κ2) is 8.93. The van der Waals surface area contributed by atoms with Gasteiger partial charge in [-0.3, -0.25) is 4.90 Å². The van der Waals surface area contributed by atoms with E-state index in [0.717, 1.165) is 38.6 Å². The van der Waals surface area contributed by atoms with Crippen LogP contribution >= 0.6 is 0 Å². The Labute approximate surface area is 120 Å². The summed E-state index contributed by atoms with van der Waals surface area (Å²) in [6.45, 7) is 16.6. The molecule has 2 atom stereocenters. The molecule has 114 valence electrons. The molecule has 0 spiro atoms. The average Bonchev–Trinajstić information content (AvgIpc) is 2.34. The monoisotopic (exact) mass is 270 g/mol. The summed E-state index contributed by atoms with van der Waals surface area (Å²) in [6, 6.07) is 1.31. The van der Waals surface area contributed by atoms with Crippen LogP contribution < -0.4 is 5.32 Å². The maximum Gasteiger partial charge on any atom is 0.0593 e. The molecule has 1 rings (SSSR count). The van der Waals surface area contributed by atoms with Gasteiger partial charge in [0, 0.05) is 38.3 Å². The van der Waals surface area contributed by atoms with Crippen LogP contribution in [0.5, 0.6) is 0 Å². The van der Waals surface area contributed by atoms with Gasteiger partial charge in [-0.2, -0.15) is 0 Å². The Morgan fingerprint density at radius 1 is 1.21 bits per heavy atom. The first-order valence-electron chi connectivity index (χ1n) is 8.09. The van der Waals surface area contributed by atoms with Crippen LogP contribution in [-0.2, 0) is 4.74 Å². The smallest absolute Gasteiger partial charge is 0.0593 e. The summed E-state index contributed by atoms with van der Waals surface area (Å²) < 4.78 is 5.67. The molecular formula is C16H34N2O. The third-order valence-electron chi connectivity index (χ3n) is 3.94. The highest BCUT2D eigenvalue weighted by atomic mass is 16.5. The second-order valence-corrected chi connectivity index (χ2v) is 6.65. The normalized spacial score (nSPS) is 25.4. The number of piperazine rings is 1. The molecule has 3 nitrogen and oxygen atoms in total. The van der Waals surface area contributed by atoms with E-state index in [1.165, 1.54) is 13.0 Å². The molecule has 1 heterocycles. The average molecular weight is 270 g/mol. The van der Waals surface area contributed by atoms with Crippen molar-refractivity contribution in [1.29, 1.82) is 0 Å². The fourth-order valence-electron chi connectivity index (χ4n) is 2.97. The molecule has 0 aliphatic carbocycles. The maximum absolute atomic E-state index is 5.67. The summed E-state index contributed by atoms with van der Waals surface area (Å²) in [4.78, 5) is 2.64. The van der Waals surface area contributed by atoms with Crippen LogP contribution in [0.3, 0.4) is 0 Å². The first-order valence-corrected chi connectivity index (χ1v) is 8.09. The zero-order valence-corrected chi connectivity index (χ0v) is 13.6. The van der Waals surface area contributed by atoms with Gasteiger partial charge in [0.15, 0.2) is 0 Å². The molecule has 0 aromatic carbocycles. The topological polar surface area (TPSA) is 24.5 Å². The molecule has 0 aromatic rings. The molecule has 19 heavy (non-hydrogen) atoms. The number of nitrogens with zero attached hydrogens (tertiary/aromatic N) is 1. The Kier molecular flexibility index (Phi) is 7.96. The van der Waals surface area contributed by atoms with Crippen LogP contribution in [0.25, 0.3) is 0 Å². The Hall–Kier alpha value is -0.120. The highest BCUT2D eigenvalue weighted by Gasteiger charge is 2.29. The van der Waals surface area contributed by atoms with Crippen LogP contribution in [0.2, 0.25) is 0 Å². The van der Waals surface area contributed by atoms with Crippen molar-refractivity contribution >= 4 is 0 Å². The maximum atomic E-state index is 5.67. The van der Waals surface area contributed by atoms with Gasteiger partial charge < -0.3 is 10.1 Å². The molecular weight excluding hydrogens is 236 g/mol. The molecule has 0 saturated carbocycles. The second-order valence-electron chi connectivity index (χ2n) is 6.65. The molecule has 1 aliphatic heterocycles. The Morgan fingerprint density at radius 2 is 1.95 bits per heavy atom. The van der Waals surface area contributed by atoms with Crippen LogP contribution in [0.4, 0.5) is 0 Å². The van der Waals surface area contributed by atoms with E-state index >= 15 is 0 Å². The van der Waals surface area contributed by atoms with Crippen LogP contribution in [0, 0.1) is 11.8 Å². The molecule has 1 N–H and O–H groups in total. The van der Waals surface area contributed by atoms with E-state index in [1.54, 1.807) is 0 Å². The van der Waals surface area contributed by atoms with Crippen LogP contribution in [-0.4, -0.2) is 49.8 Å². The zero-order chi connectivity index (χ0) is 14.3. The van der Waals surface area contributed by atoms with Gasteiger partial charge in [0.25, 0.3) is 0 Å². The lowest BCUT2D eigenvalue weighted by Crippen LogP contribution is -2.59. The van der Waals surface area contributed by atoms with E-state index in [9.17, 15) is 0 Å². The van der Waals surface area contributed by atoms with Crippen molar-refractivity contribution < 1.29 is 4.74 Å². The Balaban J connectivity index is 2.43. The molecule has 0 radical (unpaired) electrons. The summed E-state index contributed by atoms with van der Waals surface area (Å²) in [5, 5.41) is 3.73. The van der Waals surface area contributed by atoms with Gasteiger partial charge in [0.1, 0.15) is 0 Å². The lowest BCUT2D eigenvalue weighted by atomic mass is 9.95. The van der Waals surface area contributed by atoms with Crippen molar-refractivity contribution in [2.45, 2.75) is 59.5 Å². The number of rotatable bonds is 8. The lowest BCUT2D eigenvalue weighted by molar-refractivity contribution is 0.0476. The predicted molar refractivity (Wildman–Crippen MR) is 82.6 cm³/mol. The van der Waals surface area contributed by atoms with Gasteiger partial charge in [-0.05, 0) is 24.7 Å². The minimum Gasteiger partial charge on any atom is -0.380 e. The largest absolute Gasteiger partial charge is 0.380 e. The fourth-order valence-corrected chi connectivity index (χ4v) is 2.97. The molecule has 1 aliphatic rings. The lowest BCUT2D eigenvalue weighted by Gasteiger charge is -2.43. The van der Waals surface area contributed by atoms with Crippen molar-refractivity contribution in [2.75, 3.05) is 32.8 Å². The number of hydrogen-bond acceptors (Lipinski definition) is 3. The van der Waals surface area contributed by atoms with E-state index < -0.39 is 0 Å². The minimum atomic E-state index is 0.654. The van der Waals surface area contributed by atoms with Gasteiger partial charge in [-0.15, -0.1) is 0 Å². The summed E-state index contributed by atoms with van der Waals surface area (Å²) in [5.41, 5.74) is 0. The van der Waals surface area contributed by atoms with Gasteiger partial charge in [-0.25, -0.2) is 0 Å². The van der Waals surface area contributed by atoms with Gasteiger partial charge in [-0.1, -0.05) is 34.6 Å². The highest BCUT2D eigenvalue weighted by Crippen LogP contribution is 2.18.